The number of aromatic nitrogens is 1. The summed E-state index contributed by atoms with van der Waals surface area (Å²) >= 11 is 0. The number of imide groups is 2. The zero-order chi connectivity index (χ0) is 49.4. The topological polar surface area (TPSA) is 241 Å². The van der Waals surface area contributed by atoms with Gasteiger partial charge in [0.1, 0.15) is 23.4 Å². The molecule has 4 aliphatic heterocycles. The van der Waals surface area contributed by atoms with Gasteiger partial charge in [0.2, 0.25) is 17.4 Å². The number of aliphatic hydroxyl groups is 1. The summed E-state index contributed by atoms with van der Waals surface area (Å²) in [4.78, 5) is 99.3. The van der Waals surface area contributed by atoms with Crippen molar-refractivity contribution in [3.63, 3.8) is 0 Å². The number of anilines is 2. The fourth-order valence-corrected chi connectivity index (χ4v) is 8.83. The third kappa shape index (κ3) is 11.3. The number of fused-ring (bicyclic) bond motifs is 2. The lowest BCUT2D eigenvalue weighted by Crippen LogP contribution is -2.54. The molecule has 5 N–H and O–H groups in total. The highest BCUT2D eigenvalue weighted by Crippen LogP contribution is 2.33. The maximum Gasteiger partial charge on any atom is 0.270 e. The van der Waals surface area contributed by atoms with Crippen LogP contribution in [0.1, 0.15) is 56.0 Å². The average molecular weight is 973 g/mol. The fraction of sp³-hybridized carbons (Fsp3) is 0.438. The molecule has 22 heteroatoms. The zero-order valence-electron chi connectivity index (χ0n) is 38.3. The van der Waals surface area contributed by atoms with Gasteiger partial charge in [-0.1, -0.05) is 6.07 Å². The van der Waals surface area contributed by atoms with Crippen molar-refractivity contribution >= 4 is 63.6 Å². The van der Waals surface area contributed by atoms with E-state index < -0.39 is 58.7 Å². The first-order chi connectivity index (χ1) is 33.8. The highest BCUT2D eigenvalue weighted by Gasteiger charge is 2.52. The minimum Gasteiger partial charge on any atom is -0.382 e. The van der Waals surface area contributed by atoms with Crippen molar-refractivity contribution < 1.29 is 66.4 Å². The second-order valence-electron chi connectivity index (χ2n) is 17.2. The molecule has 0 spiro atoms. The lowest BCUT2D eigenvalue weighted by atomic mass is 10.0. The second kappa shape index (κ2) is 22.4. The summed E-state index contributed by atoms with van der Waals surface area (Å²) < 4.78 is 49.7. The number of aromatic amines is 1. The van der Waals surface area contributed by atoms with Gasteiger partial charge in [-0.05, 0) is 60.5 Å². The molecule has 7 amide bonds. The number of nitrogens with one attached hydrogen (secondary N) is 4. The van der Waals surface area contributed by atoms with E-state index in [2.05, 4.69) is 25.8 Å². The van der Waals surface area contributed by atoms with Crippen molar-refractivity contribution in [2.45, 2.75) is 37.5 Å². The van der Waals surface area contributed by atoms with Gasteiger partial charge in [-0.15, -0.1) is 0 Å². The third-order valence-electron chi connectivity index (χ3n) is 12.6. The van der Waals surface area contributed by atoms with Crippen LogP contribution in [0.15, 0.2) is 60.7 Å². The van der Waals surface area contributed by atoms with Crippen LogP contribution in [-0.4, -0.2) is 176 Å². The molecule has 20 nitrogen and oxygen atoms in total. The van der Waals surface area contributed by atoms with Gasteiger partial charge < -0.3 is 49.5 Å². The summed E-state index contributed by atoms with van der Waals surface area (Å²) in [5.74, 6) is -5.83. The van der Waals surface area contributed by atoms with E-state index in [1.54, 1.807) is 41.3 Å². The molecule has 70 heavy (non-hydrogen) atoms. The molecule has 0 bridgehead atoms. The highest BCUT2D eigenvalue weighted by atomic mass is 19.1. The Morgan fingerprint density at radius 2 is 1.47 bits per heavy atom. The van der Waals surface area contributed by atoms with Gasteiger partial charge in [0.25, 0.3) is 29.5 Å². The molecule has 372 valence electrons. The standard InChI is InChI=1S/C48H54F2N8O12/c49-32-24-30(25-33(50)28-32)29-52-46(64)48(66)8-10-57(47(48)65)34-4-5-36-31(26-34)27-38(53-36)44(62)56-13-11-55(12-14-56)15-17-68-19-21-70-23-22-69-20-18-67-16-9-51-37-3-1-2-35-41(37)45(63)58(43(35)61)39-6-7-40(59)54-42(39)60/h1-5,24-28,39,51,53,66H,6-23,29H2,(H,52,64)(H,54,59,60)/t39?,48-/m1/s1. The Labute approximate surface area is 400 Å². The molecule has 4 aliphatic rings. The summed E-state index contributed by atoms with van der Waals surface area (Å²) in [5, 5.41) is 19.5. The van der Waals surface area contributed by atoms with Crippen molar-refractivity contribution in [3.8, 4) is 0 Å². The number of hydrogen-bond acceptors (Lipinski definition) is 14. The van der Waals surface area contributed by atoms with Gasteiger partial charge in [0, 0.05) is 93.5 Å². The molecule has 3 aromatic carbocycles. The van der Waals surface area contributed by atoms with Crippen LogP contribution < -0.4 is 20.9 Å². The normalized spacial score (nSPS) is 19.6. The SMILES string of the molecule is O=C1CCC(N2C(=O)c3cccc(NCCOCCOCCOCCOCCN4CCN(C(=O)c5cc6cc(N7CC[C@@](O)(C(=O)NCc8cc(F)cc(F)c8)C7=O)ccc6[nH]5)CC4)c3C2=O)C(=O)N1. The molecule has 0 radical (unpaired) electrons. The first-order valence-corrected chi connectivity index (χ1v) is 23.1. The number of halogens is 2. The molecule has 4 aromatic rings. The Morgan fingerprint density at radius 3 is 2.17 bits per heavy atom. The molecule has 5 heterocycles. The number of amides is 7. The summed E-state index contributed by atoms with van der Waals surface area (Å²) in [7, 11) is 0. The molecule has 3 saturated heterocycles. The number of hydrogen-bond donors (Lipinski definition) is 5. The lowest BCUT2D eigenvalue weighted by molar-refractivity contribution is -0.149. The van der Waals surface area contributed by atoms with Crippen molar-refractivity contribution in [2.24, 2.45) is 0 Å². The highest BCUT2D eigenvalue weighted by molar-refractivity contribution is 6.25. The average Bonchev–Trinajstić information content (AvgIpc) is 3.99. The first kappa shape index (κ1) is 49.7. The quantitative estimate of drug-likeness (QED) is 0.0427. The number of piperidine rings is 1. The number of benzene rings is 3. The number of carbonyl (C=O) groups is 7. The Bertz CT molecular complexity index is 2620. The van der Waals surface area contributed by atoms with E-state index in [0.717, 1.165) is 17.0 Å². The number of ether oxygens (including phenoxy) is 4. The van der Waals surface area contributed by atoms with E-state index in [-0.39, 0.29) is 54.9 Å². The third-order valence-corrected chi connectivity index (χ3v) is 12.6. The van der Waals surface area contributed by atoms with E-state index >= 15 is 0 Å². The van der Waals surface area contributed by atoms with Crippen LogP contribution in [0.3, 0.4) is 0 Å². The molecular formula is C48H54F2N8O12. The van der Waals surface area contributed by atoms with Crippen molar-refractivity contribution in [3.05, 3.63) is 94.7 Å². The Balaban J connectivity index is 0.651. The Kier molecular flexibility index (Phi) is 15.9. The number of H-pyrrole nitrogens is 1. The van der Waals surface area contributed by atoms with Crippen LogP contribution in [0.5, 0.6) is 0 Å². The van der Waals surface area contributed by atoms with E-state index in [0.29, 0.717) is 126 Å². The summed E-state index contributed by atoms with van der Waals surface area (Å²) in [6, 6.07) is 13.4. The van der Waals surface area contributed by atoms with E-state index in [1.807, 2.05) is 0 Å². The van der Waals surface area contributed by atoms with Crippen LogP contribution in [-0.2, 0) is 44.7 Å². The predicted octanol–water partition coefficient (Wildman–Crippen LogP) is 1.57. The summed E-state index contributed by atoms with van der Waals surface area (Å²) in [6.45, 7) is 6.30. The molecule has 8 rings (SSSR count). The number of piperazine rings is 1. The van der Waals surface area contributed by atoms with Gasteiger partial charge in [-0.25, -0.2) is 8.78 Å². The van der Waals surface area contributed by atoms with Crippen LogP contribution in [0.2, 0.25) is 0 Å². The smallest absolute Gasteiger partial charge is 0.270 e. The zero-order valence-corrected chi connectivity index (χ0v) is 38.3. The molecule has 1 aromatic heterocycles. The molecule has 2 atom stereocenters. The minimum absolute atomic E-state index is 0.0465. The Morgan fingerprint density at radius 1 is 0.786 bits per heavy atom. The maximum atomic E-state index is 13.6. The van der Waals surface area contributed by atoms with Crippen LogP contribution in [0.25, 0.3) is 10.9 Å². The summed E-state index contributed by atoms with van der Waals surface area (Å²) in [5.41, 5.74) is 0.120. The Hall–Kier alpha value is -6.69. The molecule has 3 fully saturated rings. The van der Waals surface area contributed by atoms with Crippen molar-refractivity contribution in [1.82, 2.24) is 30.3 Å². The fourth-order valence-electron chi connectivity index (χ4n) is 8.83. The van der Waals surface area contributed by atoms with Gasteiger partial charge in [-0.2, -0.15) is 0 Å². The lowest BCUT2D eigenvalue weighted by Gasteiger charge is -2.34. The predicted molar refractivity (Wildman–Crippen MR) is 246 cm³/mol. The van der Waals surface area contributed by atoms with Gasteiger partial charge in [-0.3, -0.25) is 48.7 Å². The summed E-state index contributed by atoms with van der Waals surface area (Å²) in [6.07, 6.45) is -0.0577. The van der Waals surface area contributed by atoms with Crippen LogP contribution in [0.4, 0.5) is 20.2 Å². The van der Waals surface area contributed by atoms with Gasteiger partial charge in [0.15, 0.2) is 0 Å². The molecule has 0 saturated carbocycles. The number of nitrogens with zero attached hydrogens (tertiary/aromatic N) is 4. The minimum atomic E-state index is -2.36. The largest absolute Gasteiger partial charge is 0.382 e. The molecule has 0 aliphatic carbocycles. The van der Waals surface area contributed by atoms with E-state index in [4.69, 9.17) is 18.9 Å². The molecule has 1 unspecified atom stereocenters. The van der Waals surface area contributed by atoms with Crippen molar-refractivity contribution in [2.75, 3.05) is 109 Å². The van der Waals surface area contributed by atoms with Crippen molar-refractivity contribution in [1.29, 1.82) is 0 Å². The number of rotatable bonds is 22. The van der Waals surface area contributed by atoms with Crippen LogP contribution >= 0.6 is 0 Å². The van der Waals surface area contributed by atoms with E-state index in [9.17, 15) is 47.4 Å². The van der Waals surface area contributed by atoms with E-state index in [1.165, 1.54) is 11.0 Å². The van der Waals surface area contributed by atoms with Gasteiger partial charge in [0.05, 0.1) is 64.0 Å². The first-order valence-electron chi connectivity index (χ1n) is 23.1. The number of carbonyl (C=O) groups excluding carboxylic acids is 7. The van der Waals surface area contributed by atoms with Crippen LogP contribution in [0, 0.1) is 11.6 Å². The maximum absolute atomic E-state index is 13.6. The molecular weight excluding hydrogens is 919 g/mol. The monoisotopic (exact) mass is 972 g/mol. The van der Waals surface area contributed by atoms with Gasteiger partial charge >= 0.3 is 0 Å². The second-order valence-corrected chi connectivity index (χ2v) is 17.2.